The summed E-state index contributed by atoms with van der Waals surface area (Å²) in [7, 11) is 0. The molecule has 0 fully saturated rings. The van der Waals surface area contributed by atoms with Gasteiger partial charge in [-0.3, -0.25) is 5.43 Å². The lowest BCUT2D eigenvalue weighted by Crippen LogP contribution is -2.05. The molecule has 2 N–H and O–H groups in total. The van der Waals surface area contributed by atoms with Crippen LogP contribution < -0.4 is 5.43 Å². The molecule has 0 saturated carbocycles. The number of anilines is 1. The Morgan fingerprint density at radius 3 is 2.38 bits per heavy atom. The normalized spacial score (nSPS) is 9.85. The molecular weight excluding hydrogens is 164 g/mol. The van der Waals surface area contributed by atoms with Crippen molar-refractivity contribution in [1.29, 1.82) is 0 Å². The number of hydrogen-bond donors (Lipinski definition) is 2. The highest BCUT2D eigenvalue weighted by Gasteiger charge is 1.95. The van der Waals surface area contributed by atoms with E-state index in [1.54, 1.807) is 23.0 Å². The van der Waals surface area contributed by atoms with Crippen LogP contribution in [0.5, 0.6) is 5.88 Å². The first-order valence-corrected chi connectivity index (χ1v) is 4.05. The number of nitrogens with one attached hydrogen (secondary N) is 1. The van der Waals surface area contributed by atoms with Crippen LogP contribution in [0.25, 0.3) is 0 Å². The number of benzene rings is 1. The van der Waals surface area contributed by atoms with E-state index in [0.29, 0.717) is 0 Å². The molecule has 0 amide bonds. The molecule has 0 aliphatic rings. The second-order valence-electron chi connectivity index (χ2n) is 2.71. The molecule has 0 atom stereocenters. The maximum atomic E-state index is 9.31. The van der Waals surface area contributed by atoms with Crippen LogP contribution in [0.3, 0.4) is 0 Å². The van der Waals surface area contributed by atoms with Gasteiger partial charge in [0.2, 0.25) is 5.88 Å². The molecule has 1 aromatic heterocycles. The Morgan fingerprint density at radius 1 is 1.00 bits per heavy atom. The lowest BCUT2D eigenvalue weighted by Gasteiger charge is -2.07. The lowest BCUT2D eigenvalue weighted by atomic mass is 10.3. The summed E-state index contributed by atoms with van der Waals surface area (Å²) < 4.78 is 1.55. The maximum absolute atomic E-state index is 9.31. The monoisotopic (exact) mass is 174 g/mol. The van der Waals surface area contributed by atoms with Crippen LogP contribution in [0.15, 0.2) is 48.7 Å². The van der Waals surface area contributed by atoms with E-state index in [4.69, 9.17) is 0 Å². The van der Waals surface area contributed by atoms with Gasteiger partial charge in [-0.25, -0.2) is 4.68 Å². The van der Waals surface area contributed by atoms with Gasteiger partial charge in [0.15, 0.2) is 0 Å². The van der Waals surface area contributed by atoms with E-state index in [2.05, 4.69) is 5.43 Å². The Labute approximate surface area is 76.2 Å². The van der Waals surface area contributed by atoms with Crippen LogP contribution in [0, 0.1) is 0 Å². The first-order chi connectivity index (χ1) is 6.36. The standard InChI is InChI=1S/C10H10N2O/c13-10-7-4-8-12(10)11-9-5-2-1-3-6-9/h1-8,11,13H. The van der Waals surface area contributed by atoms with Crippen LogP contribution in [0.4, 0.5) is 5.69 Å². The molecule has 1 aromatic carbocycles. The van der Waals surface area contributed by atoms with Crippen LogP contribution in [-0.4, -0.2) is 9.78 Å². The average Bonchev–Trinajstić information content (AvgIpc) is 2.54. The van der Waals surface area contributed by atoms with Crippen molar-refractivity contribution >= 4 is 5.69 Å². The molecule has 2 aromatic rings. The Bertz CT molecular complexity index is 381. The predicted molar refractivity (Wildman–Crippen MR) is 51.6 cm³/mol. The zero-order valence-corrected chi connectivity index (χ0v) is 7.01. The van der Waals surface area contributed by atoms with Crippen molar-refractivity contribution < 1.29 is 5.11 Å². The van der Waals surface area contributed by atoms with Gasteiger partial charge in [0.05, 0.1) is 5.69 Å². The third kappa shape index (κ3) is 1.64. The minimum absolute atomic E-state index is 0.198. The molecular formula is C10H10N2O. The number of aromatic hydroxyl groups is 1. The zero-order chi connectivity index (χ0) is 9.10. The Morgan fingerprint density at radius 2 is 1.77 bits per heavy atom. The molecule has 0 spiro atoms. The van der Waals surface area contributed by atoms with E-state index in [9.17, 15) is 5.11 Å². The van der Waals surface area contributed by atoms with Crippen molar-refractivity contribution in [2.75, 3.05) is 5.43 Å². The van der Waals surface area contributed by atoms with Gasteiger partial charge in [0, 0.05) is 12.3 Å². The predicted octanol–water partition coefficient (Wildman–Crippen LogP) is 2.07. The van der Waals surface area contributed by atoms with Crippen LogP contribution in [0.1, 0.15) is 0 Å². The molecule has 3 nitrogen and oxygen atoms in total. The fraction of sp³-hybridized carbons (Fsp3) is 0. The molecule has 0 unspecified atom stereocenters. The second kappa shape index (κ2) is 3.23. The average molecular weight is 174 g/mol. The highest BCUT2D eigenvalue weighted by atomic mass is 16.3. The summed E-state index contributed by atoms with van der Waals surface area (Å²) >= 11 is 0. The summed E-state index contributed by atoms with van der Waals surface area (Å²) in [6.07, 6.45) is 1.75. The van der Waals surface area contributed by atoms with Crippen molar-refractivity contribution in [2.45, 2.75) is 0 Å². The summed E-state index contributed by atoms with van der Waals surface area (Å²) in [5, 5.41) is 9.31. The van der Waals surface area contributed by atoms with E-state index in [1.807, 2.05) is 30.3 Å². The number of nitrogens with zero attached hydrogens (tertiary/aromatic N) is 1. The minimum atomic E-state index is 0.198. The van der Waals surface area contributed by atoms with E-state index in [1.165, 1.54) is 0 Å². The molecule has 1 heterocycles. The highest BCUT2D eigenvalue weighted by molar-refractivity contribution is 5.43. The van der Waals surface area contributed by atoms with Gasteiger partial charge in [-0.15, -0.1) is 0 Å². The topological polar surface area (TPSA) is 37.2 Å². The van der Waals surface area contributed by atoms with E-state index < -0.39 is 0 Å². The number of hydrogen-bond acceptors (Lipinski definition) is 2. The third-order valence-corrected chi connectivity index (χ3v) is 1.75. The highest BCUT2D eigenvalue weighted by Crippen LogP contribution is 2.11. The molecule has 3 heteroatoms. The van der Waals surface area contributed by atoms with Gasteiger partial charge >= 0.3 is 0 Å². The van der Waals surface area contributed by atoms with Gasteiger partial charge in [-0.1, -0.05) is 18.2 Å². The van der Waals surface area contributed by atoms with Gasteiger partial charge in [-0.2, -0.15) is 0 Å². The van der Waals surface area contributed by atoms with Gasteiger partial charge in [0.1, 0.15) is 0 Å². The zero-order valence-electron chi connectivity index (χ0n) is 7.01. The first kappa shape index (κ1) is 7.73. The molecule has 66 valence electrons. The third-order valence-electron chi connectivity index (χ3n) is 1.75. The quantitative estimate of drug-likeness (QED) is 0.731. The molecule has 0 saturated heterocycles. The van der Waals surface area contributed by atoms with Crippen molar-refractivity contribution in [3.63, 3.8) is 0 Å². The van der Waals surface area contributed by atoms with E-state index in [0.717, 1.165) is 5.69 Å². The van der Waals surface area contributed by atoms with Crippen molar-refractivity contribution in [3.05, 3.63) is 48.7 Å². The summed E-state index contributed by atoms with van der Waals surface area (Å²) in [4.78, 5) is 0. The van der Waals surface area contributed by atoms with Crippen LogP contribution in [0.2, 0.25) is 0 Å². The molecule has 0 bridgehead atoms. The maximum Gasteiger partial charge on any atom is 0.210 e. The minimum Gasteiger partial charge on any atom is -0.493 e. The fourth-order valence-corrected chi connectivity index (χ4v) is 1.12. The summed E-state index contributed by atoms with van der Waals surface area (Å²) in [6, 6.07) is 13.1. The van der Waals surface area contributed by atoms with E-state index >= 15 is 0 Å². The van der Waals surface area contributed by atoms with Crippen LogP contribution in [-0.2, 0) is 0 Å². The largest absolute Gasteiger partial charge is 0.493 e. The Kier molecular flexibility index (Phi) is 1.92. The second-order valence-corrected chi connectivity index (χ2v) is 2.71. The smallest absolute Gasteiger partial charge is 0.210 e. The van der Waals surface area contributed by atoms with Gasteiger partial charge in [-0.05, 0) is 18.2 Å². The van der Waals surface area contributed by atoms with Crippen molar-refractivity contribution in [1.82, 2.24) is 4.68 Å². The first-order valence-electron chi connectivity index (χ1n) is 4.05. The van der Waals surface area contributed by atoms with Gasteiger partial charge in [0.25, 0.3) is 0 Å². The lowest BCUT2D eigenvalue weighted by molar-refractivity contribution is 0.436. The van der Waals surface area contributed by atoms with E-state index in [-0.39, 0.29) is 5.88 Å². The molecule has 0 radical (unpaired) electrons. The van der Waals surface area contributed by atoms with Crippen molar-refractivity contribution in [3.8, 4) is 5.88 Å². The molecule has 0 aliphatic heterocycles. The molecule has 13 heavy (non-hydrogen) atoms. The number of rotatable bonds is 2. The number of aromatic nitrogens is 1. The molecule has 0 aliphatic carbocycles. The summed E-state index contributed by atoms with van der Waals surface area (Å²) in [6.45, 7) is 0. The Hall–Kier alpha value is -1.90. The molecule has 2 rings (SSSR count). The van der Waals surface area contributed by atoms with Crippen LogP contribution >= 0.6 is 0 Å². The fourth-order valence-electron chi connectivity index (χ4n) is 1.12. The Balaban J connectivity index is 2.20. The SMILES string of the molecule is Oc1cccn1Nc1ccccc1. The summed E-state index contributed by atoms with van der Waals surface area (Å²) in [5.74, 6) is 0.198. The summed E-state index contributed by atoms with van der Waals surface area (Å²) in [5.41, 5.74) is 3.96. The van der Waals surface area contributed by atoms with Crippen molar-refractivity contribution in [2.24, 2.45) is 0 Å². The van der Waals surface area contributed by atoms with Gasteiger partial charge < -0.3 is 5.11 Å². The number of para-hydroxylation sites is 1.